The van der Waals surface area contributed by atoms with Crippen LogP contribution in [0.2, 0.25) is 0 Å². The third-order valence-electron chi connectivity index (χ3n) is 3.44. The van der Waals surface area contributed by atoms with Crippen molar-refractivity contribution in [3.8, 4) is 5.75 Å². The van der Waals surface area contributed by atoms with E-state index in [9.17, 15) is 4.79 Å². The van der Waals surface area contributed by atoms with Gasteiger partial charge in [-0.05, 0) is 50.1 Å². The summed E-state index contributed by atoms with van der Waals surface area (Å²) in [4.78, 5) is 11.8. The van der Waals surface area contributed by atoms with Crippen LogP contribution in [0.15, 0.2) is 24.3 Å². The Morgan fingerprint density at radius 1 is 1.32 bits per heavy atom. The van der Waals surface area contributed by atoms with E-state index >= 15 is 0 Å². The molecule has 1 N–H and O–H groups in total. The summed E-state index contributed by atoms with van der Waals surface area (Å²) in [6, 6.07) is 7.47. The maximum Gasteiger partial charge on any atom is 0.338 e. The molecule has 0 bridgehead atoms. The van der Waals surface area contributed by atoms with Crippen LogP contribution in [0.3, 0.4) is 0 Å². The van der Waals surface area contributed by atoms with Gasteiger partial charge in [0.2, 0.25) is 0 Å². The monoisotopic (exact) mass is 263 g/mol. The maximum absolute atomic E-state index is 11.8. The molecule has 104 valence electrons. The van der Waals surface area contributed by atoms with E-state index in [1.54, 1.807) is 31.4 Å². The topological polar surface area (TPSA) is 47.6 Å². The van der Waals surface area contributed by atoms with E-state index in [-0.39, 0.29) is 5.97 Å². The van der Waals surface area contributed by atoms with E-state index < -0.39 is 0 Å². The van der Waals surface area contributed by atoms with Crippen molar-refractivity contribution >= 4 is 5.97 Å². The number of hydrogen-bond acceptors (Lipinski definition) is 4. The van der Waals surface area contributed by atoms with Crippen LogP contribution in [0.1, 0.15) is 36.0 Å². The SMILES string of the molecule is COc1ccc(C(=O)OCCC2CCCCN2)cc1. The van der Waals surface area contributed by atoms with Gasteiger partial charge >= 0.3 is 5.97 Å². The van der Waals surface area contributed by atoms with Crippen LogP contribution in [0.5, 0.6) is 5.75 Å². The van der Waals surface area contributed by atoms with Crippen molar-refractivity contribution < 1.29 is 14.3 Å². The lowest BCUT2D eigenvalue weighted by atomic mass is 10.0. The van der Waals surface area contributed by atoms with Gasteiger partial charge in [-0.2, -0.15) is 0 Å². The van der Waals surface area contributed by atoms with Gasteiger partial charge in [-0.3, -0.25) is 0 Å². The van der Waals surface area contributed by atoms with Crippen LogP contribution in [-0.2, 0) is 4.74 Å². The van der Waals surface area contributed by atoms with Crippen LogP contribution in [0.4, 0.5) is 0 Å². The Kier molecular flexibility index (Phi) is 5.21. The summed E-state index contributed by atoms with van der Waals surface area (Å²) in [5.41, 5.74) is 0.567. The van der Waals surface area contributed by atoms with Crippen molar-refractivity contribution in [1.82, 2.24) is 5.32 Å². The van der Waals surface area contributed by atoms with Crippen LogP contribution in [0.25, 0.3) is 0 Å². The number of esters is 1. The number of benzene rings is 1. The molecule has 1 aliphatic rings. The summed E-state index contributed by atoms with van der Waals surface area (Å²) in [7, 11) is 1.60. The zero-order valence-electron chi connectivity index (χ0n) is 11.4. The number of carbonyl (C=O) groups excluding carboxylic acids is 1. The molecule has 1 aliphatic heterocycles. The molecular formula is C15H21NO3. The molecule has 0 spiro atoms. The lowest BCUT2D eigenvalue weighted by Crippen LogP contribution is -2.35. The number of ether oxygens (including phenoxy) is 2. The Bertz CT molecular complexity index is 396. The van der Waals surface area contributed by atoms with Crippen LogP contribution in [-0.4, -0.2) is 32.3 Å². The molecule has 2 rings (SSSR count). The van der Waals surface area contributed by atoms with Gasteiger partial charge in [-0.1, -0.05) is 6.42 Å². The van der Waals surface area contributed by atoms with Crippen LogP contribution >= 0.6 is 0 Å². The highest BCUT2D eigenvalue weighted by Gasteiger charge is 2.13. The van der Waals surface area contributed by atoms with Gasteiger partial charge in [0.15, 0.2) is 0 Å². The minimum absolute atomic E-state index is 0.265. The third kappa shape index (κ3) is 4.24. The number of rotatable bonds is 5. The van der Waals surface area contributed by atoms with Gasteiger partial charge < -0.3 is 14.8 Å². The first kappa shape index (κ1) is 13.9. The maximum atomic E-state index is 11.8. The standard InChI is InChI=1S/C15H21NO3/c1-18-14-7-5-12(6-8-14)15(17)19-11-9-13-4-2-3-10-16-13/h5-8,13,16H,2-4,9-11H2,1H3. The normalized spacial score (nSPS) is 18.9. The van der Waals surface area contributed by atoms with E-state index in [1.807, 2.05) is 0 Å². The van der Waals surface area contributed by atoms with E-state index in [4.69, 9.17) is 9.47 Å². The number of piperidine rings is 1. The van der Waals surface area contributed by atoms with E-state index in [2.05, 4.69) is 5.32 Å². The Hall–Kier alpha value is -1.55. The molecule has 1 fully saturated rings. The molecule has 4 heteroatoms. The van der Waals surface area contributed by atoms with Gasteiger partial charge in [0, 0.05) is 6.04 Å². The molecule has 4 nitrogen and oxygen atoms in total. The first-order chi connectivity index (χ1) is 9.29. The Morgan fingerprint density at radius 2 is 2.11 bits per heavy atom. The zero-order chi connectivity index (χ0) is 13.5. The predicted molar refractivity (Wildman–Crippen MR) is 73.5 cm³/mol. The fourth-order valence-corrected chi connectivity index (χ4v) is 2.27. The average Bonchev–Trinajstić information content (AvgIpc) is 2.48. The second-order valence-corrected chi connectivity index (χ2v) is 4.80. The number of hydrogen-bond donors (Lipinski definition) is 1. The van der Waals surface area contributed by atoms with Gasteiger partial charge in [0.1, 0.15) is 5.75 Å². The molecule has 0 amide bonds. The summed E-state index contributed by atoms with van der Waals surface area (Å²) < 4.78 is 10.3. The molecule has 0 radical (unpaired) electrons. The lowest BCUT2D eigenvalue weighted by molar-refractivity contribution is 0.0486. The van der Waals surface area contributed by atoms with E-state index in [1.165, 1.54) is 19.3 Å². The Balaban J connectivity index is 1.73. The fourth-order valence-electron chi connectivity index (χ4n) is 2.27. The second kappa shape index (κ2) is 7.14. The van der Waals surface area contributed by atoms with Crippen molar-refractivity contribution in [3.63, 3.8) is 0 Å². The summed E-state index contributed by atoms with van der Waals surface area (Å²) in [6.07, 6.45) is 4.59. The smallest absolute Gasteiger partial charge is 0.338 e. The summed E-state index contributed by atoms with van der Waals surface area (Å²) in [6.45, 7) is 1.56. The molecule has 1 aromatic carbocycles. The lowest BCUT2D eigenvalue weighted by Gasteiger charge is -2.23. The predicted octanol–water partition coefficient (Wildman–Crippen LogP) is 2.38. The van der Waals surface area contributed by atoms with Crippen LogP contribution in [0, 0.1) is 0 Å². The first-order valence-electron chi connectivity index (χ1n) is 6.84. The minimum Gasteiger partial charge on any atom is -0.497 e. The zero-order valence-corrected chi connectivity index (χ0v) is 11.4. The molecule has 1 saturated heterocycles. The van der Waals surface area contributed by atoms with E-state index in [0.29, 0.717) is 18.2 Å². The molecule has 1 aromatic rings. The van der Waals surface area contributed by atoms with Gasteiger partial charge in [-0.25, -0.2) is 4.79 Å². The molecule has 1 atom stereocenters. The van der Waals surface area contributed by atoms with Crippen LogP contribution < -0.4 is 10.1 Å². The average molecular weight is 263 g/mol. The molecule has 1 heterocycles. The van der Waals surface area contributed by atoms with Crippen molar-refractivity contribution in [3.05, 3.63) is 29.8 Å². The number of methoxy groups -OCH3 is 1. The van der Waals surface area contributed by atoms with Crippen molar-refractivity contribution in [1.29, 1.82) is 0 Å². The molecule has 0 aromatic heterocycles. The van der Waals surface area contributed by atoms with Crippen molar-refractivity contribution in [2.45, 2.75) is 31.7 Å². The Labute approximate surface area is 114 Å². The second-order valence-electron chi connectivity index (χ2n) is 4.80. The largest absolute Gasteiger partial charge is 0.497 e. The molecule has 1 unspecified atom stereocenters. The first-order valence-corrected chi connectivity index (χ1v) is 6.84. The highest BCUT2D eigenvalue weighted by atomic mass is 16.5. The van der Waals surface area contributed by atoms with Crippen molar-refractivity contribution in [2.24, 2.45) is 0 Å². The van der Waals surface area contributed by atoms with E-state index in [0.717, 1.165) is 18.7 Å². The summed E-state index contributed by atoms with van der Waals surface area (Å²) in [5, 5.41) is 3.44. The quantitative estimate of drug-likeness (QED) is 0.829. The van der Waals surface area contributed by atoms with Crippen molar-refractivity contribution in [2.75, 3.05) is 20.3 Å². The fraction of sp³-hybridized carbons (Fsp3) is 0.533. The molecular weight excluding hydrogens is 242 g/mol. The third-order valence-corrected chi connectivity index (χ3v) is 3.44. The highest BCUT2D eigenvalue weighted by Crippen LogP contribution is 2.13. The van der Waals surface area contributed by atoms with Gasteiger partial charge in [-0.15, -0.1) is 0 Å². The minimum atomic E-state index is -0.265. The van der Waals surface area contributed by atoms with Gasteiger partial charge in [0.05, 0.1) is 19.3 Å². The van der Waals surface area contributed by atoms with Gasteiger partial charge in [0.25, 0.3) is 0 Å². The number of carbonyl (C=O) groups is 1. The highest BCUT2D eigenvalue weighted by molar-refractivity contribution is 5.89. The molecule has 0 saturated carbocycles. The molecule has 19 heavy (non-hydrogen) atoms. The summed E-state index contributed by atoms with van der Waals surface area (Å²) in [5.74, 6) is 0.474. The Morgan fingerprint density at radius 3 is 2.74 bits per heavy atom. The molecule has 0 aliphatic carbocycles. The summed E-state index contributed by atoms with van der Waals surface area (Å²) >= 11 is 0. The number of nitrogens with one attached hydrogen (secondary N) is 1.